The van der Waals surface area contributed by atoms with Crippen LogP contribution in [0.15, 0.2) is 67.3 Å². The van der Waals surface area contributed by atoms with E-state index in [1.165, 1.54) is 0 Å². The lowest BCUT2D eigenvalue weighted by Gasteiger charge is -2.29. The lowest BCUT2D eigenvalue weighted by molar-refractivity contribution is 0.307. The number of halogens is 3. The Morgan fingerprint density at radius 1 is 0.857 bits per heavy atom. The summed E-state index contributed by atoms with van der Waals surface area (Å²) in [6.07, 6.45) is 5.42. The Hall–Kier alpha value is -3.21. The topological polar surface area (TPSA) is 18.5 Å². The summed E-state index contributed by atoms with van der Waals surface area (Å²) in [7, 11) is 0. The second kappa shape index (κ2) is 11.5. The fourth-order valence-electron chi connectivity index (χ4n) is 4.88. The van der Waals surface area contributed by atoms with Crippen LogP contribution in [0.2, 0.25) is 0 Å². The molecular formula is C30H31F3O2. The van der Waals surface area contributed by atoms with Crippen LogP contribution in [0.4, 0.5) is 13.2 Å². The average molecular weight is 481 g/mol. The van der Waals surface area contributed by atoms with E-state index in [0.29, 0.717) is 36.5 Å². The van der Waals surface area contributed by atoms with Gasteiger partial charge in [0.1, 0.15) is 5.75 Å². The number of benzene rings is 3. The molecule has 35 heavy (non-hydrogen) atoms. The summed E-state index contributed by atoms with van der Waals surface area (Å²) >= 11 is 0. The van der Waals surface area contributed by atoms with E-state index in [4.69, 9.17) is 9.47 Å². The molecule has 1 fully saturated rings. The summed E-state index contributed by atoms with van der Waals surface area (Å²) in [6, 6.07) is 15.5. The molecule has 4 rings (SSSR count). The number of rotatable bonds is 9. The summed E-state index contributed by atoms with van der Waals surface area (Å²) in [4.78, 5) is 0. The van der Waals surface area contributed by atoms with Crippen LogP contribution >= 0.6 is 0 Å². The lowest BCUT2D eigenvalue weighted by Crippen LogP contribution is -2.14. The van der Waals surface area contributed by atoms with Crippen molar-refractivity contribution in [2.45, 2.75) is 50.9 Å². The van der Waals surface area contributed by atoms with Crippen molar-refractivity contribution in [2.24, 2.45) is 0 Å². The van der Waals surface area contributed by atoms with E-state index in [-0.39, 0.29) is 29.0 Å². The molecule has 3 aromatic rings. The molecule has 1 aliphatic rings. The Morgan fingerprint density at radius 3 is 2.23 bits per heavy atom. The Bertz CT molecular complexity index is 1150. The summed E-state index contributed by atoms with van der Waals surface area (Å²) in [6.45, 7) is 6.46. The lowest BCUT2D eigenvalue weighted by atomic mass is 9.76. The molecule has 0 amide bonds. The fourth-order valence-corrected chi connectivity index (χ4v) is 4.88. The minimum absolute atomic E-state index is 0.0542. The molecule has 2 nitrogen and oxygen atoms in total. The quantitative estimate of drug-likeness (QED) is 0.226. The Labute approximate surface area is 205 Å². The monoisotopic (exact) mass is 480 g/mol. The molecule has 0 spiro atoms. The van der Waals surface area contributed by atoms with Crippen LogP contribution in [-0.2, 0) is 0 Å². The molecule has 0 radical (unpaired) electrons. The van der Waals surface area contributed by atoms with Gasteiger partial charge in [0.25, 0.3) is 0 Å². The van der Waals surface area contributed by atoms with Gasteiger partial charge in [-0.1, -0.05) is 36.4 Å². The van der Waals surface area contributed by atoms with Crippen LogP contribution in [0.3, 0.4) is 0 Å². The van der Waals surface area contributed by atoms with Crippen LogP contribution in [0, 0.1) is 17.5 Å². The van der Waals surface area contributed by atoms with Gasteiger partial charge in [-0.2, -0.15) is 0 Å². The van der Waals surface area contributed by atoms with Gasteiger partial charge in [-0.3, -0.25) is 0 Å². The smallest absolute Gasteiger partial charge is 0.166 e. The molecule has 0 aliphatic heterocycles. The normalized spacial score (nSPS) is 17.7. The molecule has 1 aliphatic carbocycles. The van der Waals surface area contributed by atoms with E-state index in [2.05, 4.69) is 6.58 Å². The first-order valence-corrected chi connectivity index (χ1v) is 12.3. The molecule has 0 saturated heterocycles. The largest absolute Gasteiger partial charge is 0.494 e. The number of hydrogen-bond donors (Lipinski definition) is 0. The van der Waals surface area contributed by atoms with Crippen molar-refractivity contribution in [3.63, 3.8) is 0 Å². The maximum Gasteiger partial charge on any atom is 0.166 e. The van der Waals surface area contributed by atoms with Gasteiger partial charge < -0.3 is 9.47 Å². The van der Waals surface area contributed by atoms with Crippen LogP contribution in [0.1, 0.15) is 62.0 Å². The highest BCUT2D eigenvalue weighted by atomic mass is 19.2. The maximum atomic E-state index is 15.1. The molecule has 0 bridgehead atoms. The fraction of sp³-hybridized carbons (Fsp3) is 0.333. The van der Waals surface area contributed by atoms with E-state index in [0.717, 1.165) is 31.2 Å². The second-order valence-corrected chi connectivity index (χ2v) is 8.95. The first-order chi connectivity index (χ1) is 17.0. The molecule has 0 heterocycles. The van der Waals surface area contributed by atoms with Crippen molar-refractivity contribution in [1.82, 2.24) is 0 Å². The summed E-state index contributed by atoms with van der Waals surface area (Å²) in [5, 5.41) is 0. The van der Waals surface area contributed by atoms with E-state index in [9.17, 15) is 4.39 Å². The zero-order valence-electron chi connectivity index (χ0n) is 20.0. The zero-order valence-corrected chi connectivity index (χ0v) is 20.0. The molecule has 0 atom stereocenters. The molecular weight excluding hydrogens is 449 g/mol. The van der Waals surface area contributed by atoms with Crippen molar-refractivity contribution >= 4 is 0 Å². The van der Waals surface area contributed by atoms with Crippen molar-refractivity contribution in [1.29, 1.82) is 0 Å². The molecule has 184 valence electrons. The zero-order chi connectivity index (χ0) is 24.8. The highest BCUT2D eigenvalue weighted by Crippen LogP contribution is 2.43. The van der Waals surface area contributed by atoms with Gasteiger partial charge in [-0.15, -0.1) is 6.58 Å². The number of hydrogen-bond acceptors (Lipinski definition) is 2. The van der Waals surface area contributed by atoms with Crippen molar-refractivity contribution in [3.05, 3.63) is 95.8 Å². The van der Waals surface area contributed by atoms with Gasteiger partial charge in [0.05, 0.1) is 13.2 Å². The first kappa shape index (κ1) is 24.9. The van der Waals surface area contributed by atoms with Crippen molar-refractivity contribution in [3.8, 4) is 22.6 Å². The predicted molar refractivity (Wildman–Crippen MR) is 134 cm³/mol. The molecule has 0 unspecified atom stereocenters. The predicted octanol–water partition coefficient (Wildman–Crippen LogP) is 8.57. The third kappa shape index (κ3) is 5.72. The van der Waals surface area contributed by atoms with Crippen LogP contribution in [-0.4, -0.2) is 13.2 Å². The Morgan fingerprint density at radius 2 is 1.57 bits per heavy atom. The third-order valence-electron chi connectivity index (χ3n) is 6.76. The van der Waals surface area contributed by atoms with Gasteiger partial charge in [-0.25, -0.2) is 13.2 Å². The number of ether oxygens (including phenoxy) is 2. The summed E-state index contributed by atoms with van der Waals surface area (Å²) in [5.74, 6) is -0.878. The van der Waals surface area contributed by atoms with Crippen molar-refractivity contribution in [2.75, 3.05) is 13.2 Å². The molecule has 0 aromatic heterocycles. The Kier molecular flexibility index (Phi) is 8.17. The van der Waals surface area contributed by atoms with Gasteiger partial charge in [0, 0.05) is 5.56 Å². The highest BCUT2D eigenvalue weighted by molar-refractivity contribution is 5.65. The SMILES string of the molecule is C=CCCOc1ccc(C2CCC(c3ccc(-c4ccc(OCC)cc4)c(F)c3F)CC2)cc1F. The Balaban J connectivity index is 1.42. The average Bonchev–Trinajstić information content (AvgIpc) is 2.88. The van der Waals surface area contributed by atoms with E-state index >= 15 is 8.78 Å². The van der Waals surface area contributed by atoms with Gasteiger partial charge in [0.15, 0.2) is 23.2 Å². The standard InChI is InChI=1S/C30H31F3O2/c1-3-5-18-35-28-17-12-23(19-27(28)31)20-6-8-21(9-7-20)25-15-16-26(30(33)29(25)32)22-10-13-24(14-11-22)34-4-2/h3,10-17,19-21H,1,4-9,18H2,2H3. The molecule has 0 N–H and O–H groups in total. The molecule has 1 saturated carbocycles. The molecule has 5 heteroatoms. The van der Waals surface area contributed by atoms with Crippen LogP contribution in [0.5, 0.6) is 11.5 Å². The summed E-state index contributed by atoms with van der Waals surface area (Å²) in [5.41, 5.74) is 2.20. The maximum absolute atomic E-state index is 15.1. The first-order valence-electron chi connectivity index (χ1n) is 12.3. The van der Waals surface area contributed by atoms with E-state index in [1.54, 1.807) is 54.6 Å². The van der Waals surface area contributed by atoms with E-state index in [1.807, 2.05) is 13.0 Å². The molecule has 3 aromatic carbocycles. The van der Waals surface area contributed by atoms with Gasteiger partial charge >= 0.3 is 0 Å². The third-order valence-corrected chi connectivity index (χ3v) is 6.76. The summed E-state index contributed by atoms with van der Waals surface area (Å²) < 4.78 is 55.5. The minimum Gasteiger partial charge on any atom is -0.494 e. The van der Waals surface area contributed by atoms with Gasteiger partial charge in [0.2, 0.25) is 0 Å². The van der Waals surface area contributed by atoms with Gasteiger partial charge in [-0.05, 0) is 91.8 Å². The van der Waals surface area contributed by atoms with Crippen LogP contribution in [0.25, 0.3) is 11.1 Å². The van der Waals surface area contributed by atoms with Crippen molar-refractivity contribution < 1.29 is 22.6 Å². The van der Waals surface area contributed by atoms with E-state index < -0.39 is 11.6 Å². The van der Waals surface area contributed by atoms with Crippen LogP contribution < -0.4 is 9.47 Å². The second-order valence-electron chi connectivity index (χ2n) is 8.95. The highest BCUT2D eigenvalue weighted by Gasteiger charge is 2.27. The minimum atomic E-state index is -0.817.